The molecule has 0 unspecified atom stereocenters. The van der Waals surface area contributed by atoms with Crippen LogP contribution in [-0.4, -0.2) is 83.3 Å². The average Bonchev–Trinajstić information content (AvgIpc) is 3.10. The molecule has 12 nitrogen and oxygen atoms in total. The number of imide groups is 1. The molecule has 3 aromatic carbocycles. The van der Waals surface area contributed by atoms with Crippen LogP contribution in [-0.2, 0) is 52.8 Å². The highest BCUT2D eigenvalue weighted by molar-refractivity contribution is 6.04. The number of rotatable bonds is 18. The van der Waals surface area contributed by atoms with Crippen LogP contribution in [0.15, 0.2) is 91.0 Å². The van der Waals surface area contributed by atoms with Gasteiger partial charge in [0.2, 0.25) is 11.8 Å². The Morgan fingerprint density at radius 1 is 0.788 bits per heavy atom. The molecule has 0 aliphatic heterocycles. The highest BCUT2D eigenvalue weighted by Gasteiger charge is 2.40. The lowest BCUT2D eigenvalue weighted by Gasteiger charge is -2.34. The molecule has 3 aromatic rings. The Labute approximate surface area is 305 Å². The summed E-state index contributed by atoms with van der Waals surface area (Å²) >= 11 is 0. The second kappa shape index (κ2) is 20.7. The van der Waals surface area contributed by atoms with Crippen LogP contribution in [0.3, 0.4) is 0 Å². The number of benzene rings is 3. The zero-order valence-electron chi connectivity index (χ0n) is 30.6. The van der Waals surface area contributed by atoms with E-state index in [2.05, 4.69) is 10.6 Å². The summed E-state index contributed by atoms with van der Waals surface area (Å²) in [5.41, 5.74) is 1.15. The third kappa shape index (κ3) is 14.3. The zero-order valence-corrected chi connectivity index (χ0v) is 30.6. The van der Waals surface area contributed by atoms with Crippen LogP contribution in [0.5, 0.6) is 0 Å². The lowest BCUT2D eigenvalue weighted by Crippen LogP contribution is -2.60. The number of methoxy groups -OCH3 is 1. The van der Waals surface area contributed by atoms with E-state index in [4.69, 9.17) is 14.2 Å². The second-order valence-corrected chi connectivity index (χ2v) is 13.5. The Balaban J connectivity index is 2.02. The maximum Gasteiger partial charge on any atom is 0.408 e. The van der Waals surface area contributed by atoms with Crippen molar-refractivity contribution in [2.24, 2.45) is 0 Å². The molecule has 0 saturated heterocycles. The number of hydrogen-bond donors (Lipinski definition) is 3. The molecule has 0 aliphatic carbocycles. The Hall–Kier alpha value is -5.07. The molecule has 3 rings (SSSR count). The Kier molecular flexibility index (Phi) is 16.5. The van der Waals surface area contributed by atoms with E-state index >= 15 is 0 Å². The standard InChI is InChI=1S/C40H51N3O9/c1-28(38(48)51-27-31-20-13-8-14-21-31)41-36(46)34(25-30-18-11-7-12-19-30)43(35(45)26-32(44)22-15-23-50-5)37(47)33(24-29-16-9-6-10-17-29)42-39(49)52-40(2,3)4/h6-14,16-21,28,32-34,44H,15,22-27H2,1-5H3,(H,41,46)(H,42,49)/t28-,32+,33+,34-/m0/s1. The lowest BCUT2D eigenvalue weighted by molar-refractivity contribution is -0.155. The van der Waals surface area contributed by atoms with Crippen LogP contribution in [0.1, 0.15) is 63.6 Å². The monoisotopic (exact) mass is 717 g/mol. The molecule has 4 atom stereocenters. The number of carbonyl (C=O) groups is 5. The van der Waals surface area contributed by atoms with Crippen molar-refractivity contribution < 1.29 is 43.3 Å². The van der Waals surface area contributed by atoms with Crippen LogP contribution in [0.25, 0.3) is 0 Å². The third-order valence-electron chi connectivity index (χ3n) is 7.90. The molecule has 0 heterocycles. The van der Waals surface area contributed by atoms with Gasteiger partial charge in [0, 0.05) is 26.6 Å². The fourth-order valence-corrected chi connectivity index (χ4v) is 5.34. The van der Waals surface area contributed by atoms with Crippen molar-refractivity contribution in [3.8, 4) is 0 Å². The fraction of sp³-hybridized carbons (Fsp3) is 0.425. The Morgan fingerprint density at radius 3 is 1.87 bits per heavy atom. The van der Waals surface area contributed by atoms with Gasteiger partial charge in [-0.05, 0) is 57.2 Å². The SMILES string of the molecule is COCCC[C@@H](O)CC(=O)N(C(=O)[C@@H](Cc1ccccc1)NC(=O)OC(C)(C)C)[C@@H](Cc1ccccc1)C(=O)N[C@@H](C)C(=O)OCc1ccccc1. The number of carbonyl (C=O) groups excluding carboxylic acids is 5. The molecule has 0 spiro atoms. The van der Waals surface area contributed by atoms with Crippen LogP contribution in [0, 0.1) is 0 Å². The first-order chi connectivity index (χ1) is 24.8. The second-order valence-electron chi connectivity index (χ2n) is 13.5. The molecule has 52 heavy (non-hydrogen) atoms. The summed E-state index contributed by atoms with van der Waals surface area (Å²) in [6, 6.07) is 22.7. The molecule has 4 amide bonds. The maximum absolute atomic E-state index is 14.7. The first-order valence-corrected chi connectivity index (χ1v) is 17.4. The number of aliphatic hydroxyl groups excluding tert-OH is 1. The topological polar surface area (TPSA) is 161 Å². The number of ether oxygens (including phenoxy) is 3. The fourth-order valence-electron chi connectivity index (χ4n) is 5.34. The van der Waals surface area contributed by atoms with Gasteiger partial charge in [0.1, 0.15) is 30.3 Å². The molecule has 3 N–H and O–H groups in total. The Morgan fingerprint density at radius 2 is 1.33 bits per heavy atom. The van der Waals surface area contributed by atoms with E-state index in [1.807, 2.05) is 18.2 Å². The van der Waals surface area contributed by atoms with Gasteiger partial charge >= 0.3 is 12.1 Å². The lowest BCUT2D eigenvalue weighted by atomic mass is 9.99. The number of alkyl carbamates (subject to hydrolysis) is 1. The van der Waals surface area contributed by atoms with Crippen molar-refractivity contribution in [1.82, 2.24) is 15.5 Å². The molecule has 12 heteroatoms. The summed E-state index contributed by atoms with van der Waals surface area (Å²) in [7, 11) is 1.52. The summed E-state index contributed by atoms with van der Waals surface area (Å²) in [5.74, 6) is -3.25. The molecule has 0 aromatic heterocycles. The van der Waals surface area contributed by atoms with E-state index in [1.165, 1.54) is 14.0 Å². The van der Waals surface area contributed by atoms with Gasteiger partial charge in [-0.1, -0.05) is 91.0 Å². The number of aliphatic hydroxyl groups is 1. The van der Waals surface area contributed by atoms with Crippen molar-refractivity contribution in [3.05, 3.63) is 108 Å². The minimum absolute atomic E-state index is 0.0190. The number of amides is 4. The summed E-state index contributed by atoms with van der Waals surface area (Å²) < 4.78 is 16.0. The van der Waals surface area contributed by atoms with Crippen molar-refractivity contribution in [3.63, 3.8) is 0 Å². The molecule has 0 aliphatic rings. The van der Waals surface area contributed by atoms with E-state index in [0.717, 1.165) is 10.5 Å². The van der Waals surface area contributed by atoms with E-state index in [0.29, 0.717) is 24.2 Å². The molecule has 0 saturated carbocycles. The van der Waals surface area contributed by atoms with Crippen molar-refractivity contribution in [1.29, 1.82) is 0 Å². The summed E-state index contributed by atoms with van der Waals surface area (Å²) in [6.07, 6.45) is -2.06. The average molecular weight is 718 g/mol. The molecular formula is C40H51N3O9. The van der Waals surface area contributed by atoms with Gasteiger partial charge in [0.25, 0.3) is 5.91 Å². The molecule has 280 valence electrons. The predicted octanol–water partition coefficient (Wildman–Crippen LogP) is 4.51. The molecule has 0 bridgehead atoms. The molecular weight excluding hydrogens is 666 g/mol. The summed E-state index contributed by atoms with van der Waals surface area (Å²) in [6.45, 7) is 6.80. The van der Waals surface area contributed by atoms with Crippen LogP contribution in [0.2, 0.25) is 0 Å². The molecule has 0 radical (unpaired) electrons. The predicted molar refractivity (Wildman–Crippen MR) is 195 cm³/mol. The van der Waals surface area contributed by atoms with Gasteiger partial charge in [0.15, 0.2) is 0 Å². The van der Waals surface area contributed by atoms with E-state index in [9.17, 15) is 29.1 Å². The van der Waals surface area contributed by atoms with E-state index in [-0.39, 0.29) is 25.9 Å². The van der Waals surface area contributed by atoms with Crippen molar-refractivity contribution in [2.45, 2.75) is 96.2 Å². The first kappa shape index (κ1) is 41.4. The van der Waals surface area contributed by atoms with Crippen molar-refractivity contribution >= 4 is 29.8 Å². The smallest absolute Gasteiger partial charge is 0.408 e. The largest absolute Gasteiger partial charge is 0.459 e. The first-order valence-electron chi connectivity index (χ1n) is 17.4. The normalized spacial score (nSPS) is 13.5. The van der Waals surface area contributed by atoms with Gasteiger partial charge in [-0.2, -0.15) is 0 Å². The van der Waals surface area contributed by atoms with Gasteiger partial charge in [-0.15, -0.1) is 0 Å². The van der Waals surface area contributed by atoms with Crippen LogP contribution >= 0.6 is 0 Å². The minimum Gasteiger partial charge on any atom is -0.459 e. The Bertz CT molecular complexity index is 1580. The minimum atomic E-state index is -1.49. The van der Waals surface area contributed by atoms with Gasteiger partial charge in [-0.25, -0.2) is 9.59 Å². The molecule has 0 fully saturated rings. The number of hydrogen-bond acceptors (Lipinski definition) is 9. The highest BCUT2D eigenvalue weighted by atomic mass is 16.6. The summed E-state index contributed by atoms with van der Waals surface area (Å²) in [4.78, 5) is 70.0. The van der Waals surface area contributed by atoms with Crippen LogP contribution < -0.4 is 10.6 Å². The number of nitrogens with one attached hydrogen (secondary N) is 2. The maximum atomic E-state index is 14.7. The van der Waals surface area contributed by atoms with Crippen LogP contribution in [0.4, 0.5) is 4.79 Å². The summed E-state index contributed by atoms with van der Waals surface area (Å²) in [5, 5.41) is 16.1. The van der Waals surface area contributed by atoms with Crippen molar-refractivity contribution in [2.75, 3.05) is 13.7 Å². The van der Waals surface area contributed by atoms with E-state index < -0.39 is 66.0 Å². The van der Waals surface area contributed by atoms with Gasteiger partial charge in [0.05, 0.1) is 12.5 Å². The zero-order chi connectivity index (χ0) is 38.1. The number of esters is 1. The van der Waals surface area contributed by atoms with E-state index in [1.54, 1.807) is 93.6 Å². The van der Waals surface area contributed by atoms with Gasteiger partial charge < -0.3 is 30.0 Å². The quantitative estimate of drug-likeness (QED) is 0.127. The number of nitrogens with zero attached hydrogens (tertiary/aromatic N) is 1. The highest BCUT2D eigenvalue weighted by Crippen LogP contribution is 2.18. The van der Waals surface area contributed by atoms with Gasteiger partial charge in [-0.3, -0.25) is 19.3 Å². The third-order valence-corrected chi connectivity index (χ3v) is 7.90.